The molecule has 102 valence electrons. The molecule has 3 N–H and O–H groups in total. The molecule has 7 heteroatoms. The van der Waals surface area contributed by atoms with Crippen molar-refractivity contribution < 1.29 is 9.13 Å². The van der Waals surface area contributed by atoms with Crippen molar-refractivity contribution in [3.05, 3.63) is 47.4 Å². The molecule has 0 aliphatic carbocycles. The Morgan fingerprint density at radius 3 is 3.00 bits per heavy atom. The maximum Gasteiger partial charge on any atom is 0.169 e. The summed E-state index contributed by atoms with van der Waals surface area (Å²) in [5.74, 6) is 6.57. The maximum atomic E-state index is 13.0. The van der Waals surface area contributed by atoms with E-state index in [-0.39, 0.29) is 12.4 Å². The van der Waals surface area contributed by atoms with Gasteiger partial charge in [-0.25, -0.2) is 20.2 Å². The Balaban J connectivity index is 1.83. The van der Waals surface area contributed by atoms with Gasteiger partial charge < -0.3 is 10.2 Å². The van der Waals surface area contributed by atoms with Crippen molar-refractivity contribution in [2.45, 2.75) is 6.61 Å². The summed E-state index contributed by atoms with van der Waals surface area (Å²) in [7, 11) is 0. The van der Waals surface area contributed by atoms with Crippen LogP contribution in [0.3, 0.4) is 0 Å². The van der Waals surface area contributed by atoms with E-state index in [0.717, 1.165) is 10.2 Å². The van der Waals surface area contributed by atoms with Gasteiger partial charge >= 0.3 is 0 Å². The first-order valence-corrected chi connectivity index (χ1v) is 6.73. The number of nitrogens with zero attached hydrogens (tertiary/aromatic N) is 2. The molecule has 0 aliphatic rings. The summed E-state index contributed by atoms with van der Waals surface area (Å²) in [6, 6.07) is 7.82. The Labute approximate surface area is 118 Å². The predicted molar refractivity (Wildman–Crippen MR) is 76.0 cm³/mol. The maximum absolute atomic E-state index is 13.0. The quantitative estimate of drug-likeness (QED) is 0.571. The number of thiophene rings is 1. The number of hydrazine groups is 1. The van der Waals surface area contributed by atoms with Crippen LogP contribution >= 0.6 is 11.3 Å². The van der Waals surface area contributed by atoms with E-state index in [1.807, 2.05) is 11.4 Å². The Morgan fingerprint density at radius 1 is 1.30 bits per heavy atom. The van der Waals surface area contributed by atoms with Gasteiger partial charge in [0.2, 0.25) is 0 Å². The van der Waals surface area contributed by atoms with Crippen LogP contribution in [0.5, 0.6) is 5.75 Å². The number of nitrogens with one attached hydrogen (secondary N) is 1. The number of fused-ring (bicyclic) bond motifs is 1. The second-order valence-electron chi connectivity index (χ2n) is 4.02. The van der Waals surface area contributed by atoms with Gasteiger partial charge in [-0.2, -0.15) is 0 Å². The molecule has 0 atom stereocenters. The average Bonchev–Trinajstić information content (AvgIpc) is 2.92. The molecule has 0 unspecified atom stereocenters. The van der Waals surface area contributed by atoms with E-state index >= 15 is 0 Å². The number of hydrogen-bond donors (Lipinski definition) is 2. The lowest BCUT2D eigenvalue weighted by atomic mass is 10.3. The van der Waals surface area contributed by atoms with Gasteiger partial charge in [0.25, 0.3) is 0 Å². The van der Waals surface area contributed by atoms with Gasteiger partial charge in [0, 0.05) is 6.07 Å². The first-order valence-electron chi connectivity index (χ1n) is 5.85. The van der Waals surface area contributed by atoms with E-state index in [4.69, 9.17) is 10.6 Å². The Morgan fingerprint density at radius 2 is 2.20 bits per heavy atom. The van der Waals surface area contributed by atoms with Gasteiger partial charge in [-0.3, -0.25) is 0 Å². The van der Waals surface area contributed by atoms with Gasteiger partial charge in [-0.05, 0) is 23.6 Å². The van der Waals surface area contributed by atoms with Crippen LogP contribution < -0.4 is 16.0 Å². The molecule has 3 aromatic rings. The van der Waals surface area contributed by atoms with Gasteiger partial charge in [-0.15, -0.1) is 11.3 Å². The van der Waals surface area contributed by atoms with Crippen molar-refractivity contribution in [1.29, 1.82) is 0 Å². The third-order valence-corrected chi connectivity index (χ3v) is 3.48. The lowest BCUT2D eigenvalue weighted by Gasteiger charge is -2.07. The van der Waals surface area contributed by atoms with E-state index in [0.29, 0.717) is 17.4 Å². The second kappa shape index (κ2) is 5.40. The first-order chi connectivity index (χ1) is 9.76. The van der Waals surface area contributed by atoms with Gasteiger partial charge in [0.05, 0.1) is 5.39 Å². The molecule has 0 aliphatic heterocycles. The number of rotatable bonds is 4. The van der Waals surface area contributed by atoms with E-state index in [1.165, 1.54) is 23.5 Å². The summed E-state index contributed by atoms with van der Waals surface area (Å²) < 4.78 is 18.5. The molecule has 3 rings (SSSR count). The van der Waals surface area contributed by atoms with Crippen molar-refractivity contribution in [2.75, 3.05) is 5.43 Å². The van der Waals surface area contributed by atoms with E-state index in [1.54, 1.807) is 12.1 Å². The molecule has 0 amide bonds. The van der Waals surface area contributed by atoms with Crippen molar-refractivity contribution in [2.24, 2.45) is 5.84 Å². The molecule has 0 saturated carbocycles. The molecule has 0 bridgehead atoms. The Kier molecular flexibility index (Phi) is 3.44. The number of anilines is 1. The minimum Gasteiger partial charge on any atom is -0.486 e. The summed E-state index contributed by atoms with van der Waals surface area (Å²) in [6.07, 6.45) is 0. The van der Waals surface area contributed by atoms with Crippen LogP contribution in [-0.4, -0.2) is 9.97 Å². The molecule has 0 radical (unpaired) electrons. The zero-order chi connectivity index (χ0) is 13.9. The largest absolute Gasteiger partial charge is 0.486 e. The van der Waals surface area contributed by atoms with Crippen LogP contribution in [0.1, 0.15) is 5.82 Å². The third-order valence-electron chi connectivity index (χ3n) is 2.67. The number of nitrogens with two attached hydrogens (primary N) is 1. The highest BCUT2D eigenvalue weighted by atomic mass is 32.1. The normalized spacial score (nSPS) is 10.7. The number of aromatic nitrogens is 2. The summed E-state index contributed by atoms with van der Waals surface area (Å²) >= 11 is 1.49. The molecule has 5 nitrogen and oxygen atoms in total. The number of ether oxygens (including phenoxy) is 1. The zero-order valence-corrected chi connectivity index (χ0v) is 11.2. The summed E-state index contributed by atoms with van der Waals surface area (Å²) in [5.41, 5.74) is 2.54. The molecule has 1 aromatic carbocycles. The summed E-state index contributed by atoms with van der Waals surface area (Å²) in [4.78, 5) is 9.47. The van der Waals surface area contributed by atoms with Gasteiger partial charge in [-0.1, -0.05) is 6.07 Å². The SMILES string of the molecule is NNc1nc(COc2cccc(F)c2)nc2sccc12. The fourth-order valence-corrected chi connectivity index (χ4v) is 2.56. The number of nitrogen functional groups attached to an aromatic ring is 1. The van der Waals surface area contributed by atoms with Crippen molar-refractivity contribution in [3.8, 4) is 5.75 Å². The van der Waals surface area contributed by atoms with Crippen LogP contribution in [0.4, 0.5) is 10.2 Å². The van der Waals surface area contributed by atoms with Crippen LogP contribution in [0.2, 0.25) is 0 Å². The molecule has 2 heterocycles. The highest BCUT2D eigenvalue weighted by molar-refractivity contribution is 7.16. The van der Waals surface area contributed by atoms with Gasteiger partial charge in [0.15, 0.2) is 11.6 Å². The number of benzene rings is 1. The fraction of sp³-hybridized carbons (Fsp3) is 0.0769. The van der Waals surface area contributed by atoms with Crippen molar-refractivity contribution in [1.82, 2.24) is 9.97 Å². The molecule has 2 aromatic heterocycles. The molecule has 0 saturated heterocycles. The molecular weight excluding hydrogens is 279 g/mol. The van der Waals surface area contributed by atoms with Gasteiger partial charge in [0.1, 0.15) is 23.0 Å². The monoisotopic (exact) mass is 290 g/mol. The Bertz CT molecular complexity index is 746. The second-order valence-corrected chi connectivity index (χ2v) is 4.91. The first kappa shape index (κ1) is 12.8. The lowest BCUT2D eigenvalue weighted by molar-refractivity contribution is 0.295. The van der Waals surface area contributed by atoms with Crippen LogP contribution in [0.15, 0.2) is 35.7 Å². The highest BCUT2D eigenvalue weighted by Crippen LogP contribution is 2.24. The van der Waals surface area contributed by atoms with Crippen LogP contribution in [0, 0.1) is 5.82 Å². The molecule has 0 spiro atoms. The molecule has 20 heavy (non-hydrogen) atoms. The van der Waals surface area contributed by atoms with Crippen LogP contribution in [0.25, 0.3) is 10.2 Å². The lowest BCUT2D eigenvalue weighted by Crippen LogP contribution is -2.11. The third kappa shape index (κ3) is 2.54. The van der Waals surface area contributed by atoms with Crippen molar-refractivity contribution >= 4 is 27.4 Å². The van der Waals surface area contributed by atoms with Crippen molar-refractivity contribution in [3.63, 3.8) is 0 Å². The number of halogens is 1. The minimum absolute atomic E-state index is 0.145. The van der Waals surface area contributed by atoms with E-state index in [2.05, 4.69) is 15.4 Å². The Hall–Kier alpha value is -2.25. The average molecular weight is 290 g/mol. The topological polar surface area (TPSA) is 73.1 Å². The smallest absolute Gasteiger partial charge is 0.169 e. The minimum atomic E-state index is -0.346. The molecule has 0 fully saturated rings. The van der Waals surface area contributed by atoms with E-state index in [9.17, 15) is 4.39 Å². The summed E-state index contributed by atoms with van der Waals surface area (Å²) in [5, 5.41) is 2.78. The zero-order valence-electron chi connectivity index (χ0n) is 10.3. The highest BCUT2D eigenvalue weighted by Gasteiger charge is 2.08. The molecular formula is C13H11FN4OS. The standard InChI is InChI=1S/C13H11FN4OS/c14-8-2-1-3-9(6-8)19-7-11-16-12(18-15)10-4-5-20-13(10)17-11/h1-6H,7,15H2,(H,16,17,18). The number of hydrogen-bond acceptors (Lipinski definition) is 6. The fourth-order valence-electron chi connectivity index (χ4n) is 1.78. The van der Waals surface area contributed by atoms with E-state index < -0.39 is 0 Å². The van der Waals surface area contributed by atoms with Crippen LogP contribution in [-0.2, 0) is 6.61 Å². The predicted octanol–water partition coefficient (Wildman–Crippen LogP) is 2.70. The summed E-state index contributed by atoms with van der Waals surface area (Å²) in [6.45, 7) is 0.145.